The van der Waals surface area contributed by atoms with E-state index in [-0.39, 0.29) is 4.90 Å². The van der Waals surface area contributed by atoms with Crippen LogP contribution in [0.4, 0.5) is 0 Å². The van der Waals surface area contributed by atoms with Crippen molar-refractivity contribution in [1.82, 2.24) is 9.62 Å². The summed E-state index contributed by atoms with van der Waals surface area (Å²) in [5.74, 6) is -0.455. The van der Waals surface area contributed by atoms with E-state index in [1.54, 1.807) is 42.5 Å². The number of sulfone groups is 1. The number of hydrogen-bond acceptors (Lipinski definition) is 5. The molecule has 0 heterocycles. The number of rotatable bonds is 8. The van der Waals surface area contributed by atoms with Crippen LogP contribution in [-0.2, 0) is 24.7 Å². The van der Waals surface area contributed by atoms with Crippen LogP contribution in [0.25, 0.3) is 0 Å². The lowest BCUT2D eigenvalue weighted by Crippen LogP contribution is -2.42. The Morgan fingerprint density at radius 3 is 1.93 bits per heavy atom. The molecule has 0 aliphatic carbocycles. The van der Waals surface area contributed by atoms with Crippen molar-refractivity contribution in [2.24, 2.45) is 0 Å². The molecule has 2 atom stereocenters. The Bertz CT molecular complexity index is 1050. The number of carbonyl (C=O) groups excluding carboxylic acids is 1. The van der Waals surface area contributed by atoms with E-state index in [1.807, 2.05) is 6.92 Å². The average molecular weight is 439 g/mol. The zero-order chi connectivity index (χ0) is 21.8. The van der Waals surface area contributed by atoms with Crippen molar-refractivity contribution in [3.05, 3.63) is 65.7 Å². The Balaban J connectivity index is 2.33. The highest BCUT2D eigenvalue weighted by molar-refractivity contribution is 7.90. The lowest BCUT2D eigenvalue weighted by molar-refractivity contribution is -0.125. The van der Waals surface area contributed by atoms with Gasteiger partial charge in [-0.15, -0.1) is 0 Å². The third-order valence-corrected chi connectivity index (χ3v) is 7.07. The number of amides is 1. The smallest absolute Gasteiger partial charge is 0.243 e. The fraction of sp³-hybridized carbons (Fsp3) is 0.350. The molecule has 0 spiro atoms. The van der Waals surface area contributed by atoms with Crippen molar-refractivity contribution in [1.29, 1.82) is 0 Å². The minimum atomic E-state index is -3.62. The van der Waals surface area contributed by atoms with E-state index in [1.165, 1.54) is 19.2 Å². The van der Waals surface area contributed by atoms with Crippen LogP contribution in [0.2, 0.25) is 0 Å². The predicted molar refractivity (Wildman–Crippen MR) is 113 cm³/mol. The first-order valence-corrected chi connectivity index (χ1v) is 12.8. The fourth-order valence-electron chi connectivity index (χ4n) is 2.97. The van der Waals surface area contributed by atoms with Crippen molar-refractivity contribution in [2.75, 3.05) is 19.6 Å². The van der Waals surface area contributed by atoms with Crippen molar-refractivity contribution in [3.63, 3.8) is 0 Å². The molecule has 0 aliphatic heterocycles. The Morgan fingerprint density at radius 1 is 0.931 bits per heavy atom. The van der Waals surface area contributed by atoms with Crippen LogP contribution in [0.3, 0.4) is 0 Å². The molecule has 158 valence electrons. The maximum atomic E-state index is 13.1. The minimum absolute atomic E-state index is 0.196. The molecule has 0 unspecified atom stereocenters. The fourth-order valence-corrected chi connectivity index (χ4v) is 4.20. The van der Waals surface area contributed by atoms with Crippen LogP contribution >= 0.6 is 0 Å². The molecule has 0 aliphatic rings. The molecule has 2 aromatic rings. The molecule has 1 N–H and O–H groups in total. The number of carbonyl (C=O) groups is 1. The zero-order valence-corrected chi connectivity index (χ0v) is 18.5. The molecular weight excluding hydrogens is 412 g/mol. The molecule has 29 heavy (non-hydrogen) atoms. The third-order valence-electron chi connectivity index (χ3n) is 4.69. The highest BCUT2D eigenvalue weighted by atomic mass is 32.2. The Labute approximate surface area is 172 Å². The van der Waals surface area contributed by atoms with Crippen LogP contribution in [-0.4, -0.2) is 46.6 Å². The first-order chi connectivity index (χ1) is 13.4. The second-order valence-electron chi connectivity index (χ2n) is 6.90. The molecule has 2 aromatic carbocycles. The number of likely N-dealkylation sites (N-methyl/N-ethyl adjacent to an activating group) is 1. The van der Waals surface area contributed by atoms with Gasteiger partial charge in [0.15, 0.2) is 9.84 Å². The third kappa shape index (κ3) is 5.88. The molecule has 9 heteroatoms. The SMILES string of the molecule is CC[C@H](NC(=O)[C@@H](c1ccccc1)N(C)S(C)(=O)=O)c1ccc(S(C)(=O)=O)cc1. The largest absolute Gasteiger partial charge is 0.348 e. The summed E-state index contributed by atoms with van der Waals surface area (Å²) < 4.78 is 48.5. The number of nitrogens with one attached hydrogen (secondary N) is 1. The maximum absolute atomic E-state index is 13.1. The molecule has 2 rings (SSSR count). The first kappa shape index (κ1) is 23.1. The van der Waals surface area contributed by atoms with E-state index < -0.39 is 37.9 Å². The second kappa shape index (κ2) is 9.06. The van der Waals surface area contributed by atoms with Gasteiger partial charge in [-0.2, -0.15) is 4.31 Å². The van der Waals surface area contributed by atoms with Crippen LogP contribution in [0.15, 0.2) is 59.5 Å². The number of nitrogens with zero attached hydrogens (tertiary/aromatic N) is 1. The Hall–Kier alpha value is -2.23. The van der Waals surface area contributed by atoms with Crippen molar-refractivity contribution in [2.45, 2.75) is 30.3 Å². The van der Waals surface area contributed by atoms with Gasteiger partial charge in [-0.1, -0.05) is 49.4 Å². The summed E-state index contributed by atoms with van der Waals surface area (Å²) in [6.07, 6.45) is 2.73. The van der Waals surface area contributed by atoms with Gasteiger partial charge >= 0.3 is 0 Å². The monoisotopic (exact) mass is 438 g/mol. The maximum Gasteiger partial charge on any atom is 0.243 e. The molecule has 0 radical (unpaired) electrons. The van der Waals surface area contributed by atoms with Crippen LogP contribution in [0, 0.1) is 0 Å². The van der Waals surface area contributed by atoms with Crippen molar-refractivity contribution < 1.29 is 21.6 Å². The van der Waals surface area contributed by atoms with Crippen molar-refractivity contribution >= 4 is 25.8 Å². The van der Waals surface area contributed by atoms with Crippen LogP contribution in [0.5, 0.6) is 0 Å². The van der Waals surface area contributed by atoms with Gasteiger partial charge in [0.2, 0.25) is 15.9 Å². The van der Waals surface area contributed by atoms with E-state index in [9.17, 15) is 21.6 Å². The number of hydrogen-bond donors (Lipinski definition) is 1. The molecular formula is C20H26N2O5S2. The topological polar surface area (TPSA) is 101 Å². The number of sulfonamides is 1. The Morgan fingerprint density at radius 2 is 1.48 bits per heavy atom. The standard InChI is InChI=1S/C20H26N2O5S2/c1-5-18(15-11-13-17(14-12-15)28(3,24)25)21-20(23)19(22(2)29(4,26)27)16-9-7-6-8-10-16/h6-14,18-19H,5H2,1-4H3,(H,21,23)/t18-,19+/m0/s1. The van der Waals surface area contributed by atoms with Gasteiger partial charge in [-0.3, -0.25) is 4.79 Å². The van der Waals surface area contributed by atoms with Gasteiger partial charge in [-0.25, -0.2) is 16.8 Å². The molecule has 0 bridgehead atoms. The highest BCUT2D eigenvalue weighted by Crippen LogP contribution is 2.25. The van der Waals surface area contributed by atoms with E-state index >= 15 is 0 Å². The zero-order valence-electron chi connectivity index (χ0n) is 16.9. The van der Waals surface area contributed by atoms with Gasteiger partial charge in [0.25, 0.3) is 0 Å². The van der Waals surface area contributed by atoms with E-state index in [0.717, 1.165) is 22.4 Å². The predicted octanol–water partition coefficient (Wildman–Crippen LogP) is 2.29. The summed E-state index contributed by atoms with van der Waals surface area (Å²) in [6, 6.07) is 13.6. The summed E-state index contributed by atoms with van der Waals surface area (Å²) in [5.41, 5.74) is 1.29. The molecule has 0 saturated carbocycles. The second-order valence-corrected chi connectivity index (χ2v) is 11.0. The van der Waals surface area contributed by atoms with Gasteiger partial charge in [0, 0.05) is 13.3 Å². The summed E-state index contributed by atoms with van der Waals surface area (Å²) in [6.45, 7) is 1.88. The number of benzene rings is 2. The molecule has 0 saturated heterocycles. The first-order valence-electron chi connectivity index (χ1n) is 9.03. The van der Waals surface area contributed by atoms with Gasteiger partial charge < -0.3 is 5.32 Å². The molecule has 1 amide bonds. The summed E-state index contributed by atoms with van der Waals surface area (Å²) in [4.78, 5) is 13.3. The van der Waals surface area contributed by atoms with Gasteiger partial charge in [0.1, 0.15) is 6.04 Å². The molecule has 0 aromatic heterocycles. The highest BCUT2D eigenvalue weighted by Gasteiger charge is 2.31. The lowest BCUT2D eigenvalue weighted by Gasteiger charge is -2.28. The summed E-state index contributed by atoms with van der Waals surface area (Å²) in [7, 11) is -5.56. The summed E-state index contributed by atoms with van der Waals surface area (Å²) >= 11 is 0. The summed E-state index contributed by atoms with van der Waals surface area (Å²) in [5, 5.41) is 2.90. The molecule has 7 nitrogen and oxygen atoms in total. The van der Waals surface area contributed by atoms with Crippen LogP contribution in [0.1, 0.15) is 36.6 Å². The average Bonchev–Trinajstić information content (AvgIpc) is 2.66. The van der Waals surface area contributed by atoms with E-state index in [2.05, 4.69) is 5.32 Å². The minimum Gasteiger partial charge on any atom is -0.348 e. The van der Waals surface area contributed by atoms with Gasteiger partial charge in [0.05, 0.1) is 17.2 Å². The van der Waals surface area contributed by atoms with Crippen LogP contribution < -0.4 is 5.32 Å². The van der Waals surface area contributed by atoms with E-state index in [0.29, 0.717) is 12.0 Å². The lowest BCUT2D eigenvalue weighted by atomic mass is 10.0. The van der Waals surface area contributed by atoms with Crippen molar-refractivity contribution in [3.8, 4) is 0 Å². The Kier molecular flexibility index (Phi) is 7.20. The normalized spacial score (nSPS) is 14.4. The van der Waals surface area contributed by atoms with E-state index in [4.69, 9.17) is 0 Å². The van der Waals surface area contributed by atoms with Gasteiger partial charge in [-0.05, 0) is 29.7 Å². The quantitative estimate of drug-likeness (QED) is 0.682. The molecule has 0 fully saturated rings.